The maximum atomic E-state index is 14.6. The molecule has 0 radical (unpaired) electrons. The van der Waals surface area contributed by atoms with E-state index in [0.717, 1.165) is 32.1 Å². The fraction of sp³-hybridized carbons (Fsp3) is 1.00. The highest BCUT2D eigenvalue weighted by Crippen LogP contribution is 2.50. The Morgan fingerprint density at radius 2 is 1.72 bits per heavy atom. The van der Waals surface area contributed by atoms with E-state index in [-0.39, 0.29) is 6.54 Å². The highest BCUT2D eigenvalue weighted by atomic mass is 19.3. The summed E-state index contributed by atoms with van der Waals surface area (Å²) >= 11 is 0. The van der Waals surface area contributed by atoms with E-state index >= 15 is 0 Å². The van der Waals surface area contributed by atoms with Gasteiger partial charge in [-0.2, -0.15) is 0 Å². The van der Waals surface area contributed by atoms with Gasteiger partial charge in [-0.15, -0.1) is 0 Å². The Morgan fingerprint density at radius 1 is 1.00 bits per heavy atom. The van der Waals surface area contributed by atoms with Crippen LogP contribution in [-0.2, 0) is 0 Å². The smallest absolute Gasteiger partial charge is 0.264 e. The Bertz CT molecular complexity index is 430. The molecule has 3 aliphatic rings. The Labute approximate surface area is 153 Å². The minimum Gasteiger partial charge on any atom is -0.303 e. The molecule has 0 aromatic rings. The van der Waals surface area contributed by atoms with E-state index < -0.39 is 11.8 Å². The fourth-order valence-corrected chi connectivity index (χ4v) is 5.60. The van der Waals surface area contributed by atoms with E-state index in [2.05, 4.69) is 25.7 Å². The quantitative estimate of drug-likeness (QED) is 0.692. The number of halogens is 2. The van der Waals surface area contributed by atoms with Crippen molar-refractivity contribution in [2.45, 2.75) is 71.6 Å². The Balaban J connectivity index is 1.47. The van der Waals surface area contributed by atoms with Gasteiger partial charge in [0.2, 0.25) is 0 Å². The highest BCUT2D eigenvalue weighted by molar-refractivity contribution is 4.94. The van der Waals surface area contributed by atoms with Crippen molar-refractivity contribution < 1.29 is 8.78 Å². The zero-order valence-corrected chi connectivity index (χ0v) is 16.6. The van der Waals surface area contributed by atoms with Gasteiger partial charge < -0.3 is 4.90 Å². The molecule has 3 rings (SSSR count). The third-order valence-corrected chi connectivity index (χ3v) is 7.23. The molecule has 0 aromatic carbocycles. The topological polar surface area (TPSA) is 6.48 Å². The van der Waals surface area contributed by atoms with E-state index in [9.17, 15) is 8.78 Å². The van der Waals surface area contributed by atoms with Gasteiger partial charge in [0.05, 0.1) is 6.54 Å². The van der Waals surface area contributed by atoms with E-state index in [0.29, 0.717) is 24.3 Å². The zero-order chi connectivity index (χ0) is 18.1. The maximum absolute atomic E-state index is 14.6. The van der Waals surface area contributed by atoms with Crippen molar-refractivity contribution >= 4 is 0 Å². The summed E-state index contributed by atoms with van der Waals surface area (Å²) in [5, 5.41) is 0. The van der Waals surface area contributed by atoms with Crippen molar-refractivity contribution in [3.63, 3.8) is 0 Å². The van der Waals surface area contributed by atoms with Crippen molar-refractivity contribution in [1.82, 2.24) is 9.80 Å². The van der Waals surface area contributed by atoms with Gasteiger partial charge in [0.1, 0.15) is 0 Å². The van der Waals surface area contributed by atoms with Gasteiger partial charge in [0.25, 0.3) is 5.92 Å². The molecule has 146 valence electrons. The molecule has 2 aliphatic heterocycles. The van der Waals surface area contributed by atoms with Gasteiger partial charge in [-0.3, -0.25) is 4.90 Å². The first kappa shape index (κ1) is 19.5. The number of hydrogen-bond donors (Lipinski definition) is 0. The van der Waals surface area contributed by atoms with Crippen LogP contribution < -0.4 is 0 Å². The number of alkyl halides is 2. The second-order valence-electron chi connectivity index (χ2n) is 9.69. The number of likely N-dealkylation sites (tertiary alicyclic amines) is 2. The van der Waals surface area contributed by atoms with Crippen molar-refractivity contribution in [2.75, 3.05) is 39.3 Å². The minimum absolute atomic E-state index is 0.0359. The maximum Gasteiger partial charge on any atom is 0.264 e. The molecule has 0 aromatic heterocycles. The van der Waals surface area contributed by atoms with E-state index in [1.807, 2.05) is 4.90 Å². The second kappa shape index (κ2) is 7.80. The van der Waals surface area contributed by atoms with Gasteiger partial charge in [-0.1, -0.05) is 27.2 Å². The normalized spacial score (nSPS) is 33.4. The minimum atomic E-state index is -2.52. The average Bonchev–Trinajstić information content (AvgIpc) is 2.94. The molecule has 1 aliphatic carbocycles. The monoisotopic (exact) mass is 356 g/mol. The molecule has 25 heavy (non-hydrogen) atoms. The van der Waals surface area contributed by atoms with Crippen molar-refractivity contribution in [3.8, 4) is 0 Å². The van der Waals surface area contributed by atoms with Crippen LogP contribution in [0.5, 0.6) is 0 Å². The molecule has 1 spiro atoms. The Morgan fingerprint density at radius 3 is 2.28 bits per heavy atom. The lowest BCUT2D eigenvalue weighted by Crippen LogP contribution is -2.53. The molecule has 0 bridgehead atoms. The first-order valence-electron chi connectivity index (χ1n) is 10.6. The van der Waals surface area contributed by atoms with Crippen LogP contribution in [0.15, 0.2) is 0 Å². The average molecular weight is 357 g/mol. The Kier molecular flexibility index (Phi) is 6.09. The second-order valence-corrected chi connectivity index (χ2v) is 9.69. The molecule has 2 saturated heterocycles. The third-order valence-electron chi connectivity index (χ3n) is 7.23. The Hall–Kier alpha value is -0.220. The molecule has 0 N–H and O–H groups in total. The molecular formula is C21H38F2N2. The van der Waals surface area contributed by atoms with Crippen LogP contribution in [0.4, 0.5) is 8.78 Å². The van der Waals surface area contributed by atoms with Crippen LogP contribution in [-0.4, -0.2) is 55.0 Å². The fourth-order valence-electron chi connectivity index (χ4n) is 5.60. The molecule has 2 unspecified atom stereocenters. The standard InChI is InChI=1S/C21H38F2N2/c1-4-18-5-7-20(13-18)8-11-24(12-9-20)15-19-6-10-25(14-17(2)3)16-21(19,22)23/h17-19H,4-16H2,1-3H3. The van der Waals surface area contributed by atoms with Gasteiger partial charge >= 0.3 is 0 Å². The van der Waals surface area contributed by atoms with Crippen LogP contribution in [0.2, 0.25) is 0 Å². The predicted octanol–water partition coefficient (Wildman–Crippen LogP) is 4.89. The number of piperidine rings is 2. The zero-order valence-electron chi connectivity index (χ0n) is 16.6. The summed E-state index contributed by atoms with van der Waals surface area (Å²) in [6, 6.07) is 0. The van der Waals surface area contributed by atoms with Crippen LogP contribution >= 0.6 is 0 Å². The summed E-state index contributed by atoms with van der Waals surface area (Å²) in [6.45, 7) is 10.8. The van der Waals surface area contributed by atoms with Crippen LogP contribution in [0.3, 0.4) is 0 Å². The molecule has 4 heteroatoms. The van der Waals surface area contributed by atoms with Crippen molar-refractivity contribution in [3.05, 3.63) is 0 Å². The molecule has 2 nitrogen and oxygen atoms in total. The number of rotatable bonds is 5. The molecule has 0 amide bonds. The van der Waals surface area contributed by atoms with E-state index in [4.69, 9.17) is 0 Å². The van der Waals surface area contributed by atoms with Crippen molar-refractivity contribution in [1.29, 1.82) is 0 Å². The highest BCUT2D eigenvalue weighted by Gasteiger charge is 2.46. The lowest BCUT2D eigenvalue weighted by molar-refractivity contribution is -0.122. The van der Waals surface area contributed by atoms with E-state index in [1.165, 1.54) is 38.5 Å². The van der Waals surface area contributed by atoms with Gasteiger partial charge in [0.15, 0.2) is 0 Å². The van der Waals surface area contributed by atoms with Crippen LogP contribution in [0.1, 0.15) is 65.7 Å². The van der Waals surface area contributed by atoms with E-state index in [1.54, 1.807) is 0 Å². The summed E-state index contributed by atoms with van der Waals surface area (Å²) in [5.41, 5.74) is 0.556. The lowest BCUT2D eigenvalue weighted by atomic mass is 9.76. The molecule has 3 fully saturated rings. The summed E-state index contributed by atoms with van der Waals surface area (Å²) in [4.78, 5) is 4.32. The summed E-state index contributed by atoms with van der Waals surface area (Å²) in [7, 11) is 0. The number of hydrogen-bond acceptors (Lipinski definition) is 2. The van der Waals surface area contributed by atoms with Gasteiger partial charge in [-0.25, -0.2) is 8.78 Å². The molecule has 2 atom stereocenters. The predicted molar refractivity (Wildman–Crippen MR) is 100 cm³/mol. The first-order valence-corrected chi connectivity index (χ1v) is 10.6. The molecule has 1 saturated carbocycles. The van der Waals surface area contributed by atoms with Crippen LogP contribution in [0.25, 0.3) is 0 Å². The lowest BCUT2D eigenvalue weighted by Gasteiger charge is -2.44. The SMILES string of the molecule is CCC1CCC2(CCN(CC3CCN(CC(C)C)CC3(F)F)CC2)C1. The number of nitrogens with zero attached hydrogens (tertiary/aromatic N) is 2. The first-order chi connectivity index (χ1) is 11.8. The summed E-state index contributed by atoms with van der Waals surface area (Å²) < 4.78 is 29.3. The summed E-state index contributed by atoms with van der Waals surface area (Å²) in [5.74, 6) is -1.59. The molecular weight excluding hydrogens is 318 g/mol. The molecule has 2 heterocycles. The van der Waals surface area contributed by atoms with Crippen LogP contribution in [0, 0.1) is 23.2 Å². The van der Waals surface area contributed by atoms with Gasteiger partial charge in [-0.05, 0) is 75.4 Å². The third kappa shape index (κ3) is 4.74. The van der Waals surface area contributed by atoms with Gasteiger partial charge in [0, 0.05) is 19.0 Å². The summed E-state index contributed by atoms with van der Waals surface area (Å²) in [6.07, 6.45) is 8.60. The largest absolute Gasteiger partial charge is 0.303 e. The van der Waals surface area contributed by atoms with Crippen molar-refractivity contribution in [2.24, 2.45) is 23.2 Å².